The number of aromatic nitrogens is 2. The summed E-state index contributed by atoms with van der Waals surface area (Å²) in [5.41, 5.74) is 1.53. The first-order valence-electron chi connectivity index (χ1n) is 10.1. The van der Waals surface area contributed by atoms with Crippen molar-refractivity contribution in [3.63, 3.8) is 0 Å². The predicted molar refractivity (Wildman–Crippen MR) is 102 cm³/mol. The minimum Gasteiger partial charge on any atom is -0.420 e. The van der Waals surface area contributed by atoms with Crippen LogP contribution in [0.25, 0.3) is 0 Å². The topological polar surface area (TPSA) is 56.6 Å². The monoisotopic (exact) mass is 423 g/mol. The van der Waals surface area contributed by atoms with E-state index in [9.17, 15) is 18.0 Å². The Kier molecular flexibility index (Phi) is 5.84. The second-order valence-corrected chi connectivity index (χ2v) is 7.81. The Morgan fingerprint density at radius 2 is 2.17 bits per heavy atom. The van der Waals surface area contributed by atoms with E-state index in [2.05, 4.69) is 16.8 Å². The lowest BCUT2D eigenvalue weighted by Crippen LogP contribution is -2.58. The van der Waals surface area contributed by atoms with Crippen LogP contribution >= 0.6 is 0 Å². The van der Waals surface area contributed by atoms with Crippen molar-refractivity contribution in [3.05, 3.63) is 48.0 Å². The molecule has 1 aromatic heterocycles. The maximum atomic E-state index is 12.7. The van der Waals surface area contributed by atoms with Gasteiger partial charge in [-0.05, 0) is 31.0 Å². The largest absolute Gasteiger partial charge is 0.491 e. The van der Waals surface area contributed by atoms with E-state index in [-0.39, 0.29) is 24.0 Å². The van der Waals surface area contributed by atoms with Gasteiger partial charge in [0.25, 0.3) is 0 Å². The van der Waals surface area contributed by atoms with E-state index in [1.807, 2.05) is 16.8 Å². The zero-order chi connectivity index (χ0) is 21.3. The molecule has 3 atom stereocenters. The van der Waals surface area contributed by atoms with Crippen LogP contribution in [0.3, 0.4) is 0 Å². The normalized spacial score (nSPS) is 24.2. The van der Waals surface area contributed by atoms with E-state index in [0.717, 1.165) is 25.1 Å². The van der Waals surface area contributed by atoms with E-state index in [1.54, 1.807) is 18.6 Å². The summed E-state index contributed by atoms with van der Waals surface area (Å²) in [5, 5.41) is 0. The van der Waals surface area contributed by atoms with Crippen molar-refractivity contribution in [2.24, 2.45) is 0 Å². The Morgan fingerprint density at radius 1 is 1.33 bits per heavy atom. The molecule has 0 saturated carbocycles. The summed E-state index contributed by atoms with van der Waals surface area (Å²) in [7, 11) is 0. The zero-order valence-corrected chi connectivity index (χ0v) is 16.6. The van der Waals surface area contributed by atoms with Gasteiger partial charge in [0.1, 0.15) is 5.75 Å². The minimum atomic E-state index is -5.03. The first-order chi connectivity index (χ1) is 14.3. The number of hydrogen-bond acceptors (Lipinski definition) is 5. The lowest BCUT2D eigenvalue weighted by atomic mass is 9.83. The van der Waals surface area contributed by atoms with Crippen LogP contribution in [0.15, 0.2) is 36.9 Å². The molecule has 1 aliphatic heterocycles. The van der Waals surface area contributed by atoms with Crippen LogP contribution in [-0.2, 0) is 28.9 Å². The quantitative estimate of drug-likeness (QED) is 0.547. The molecule has 0 spiro atoms. The van der Waals surface area contributed by atoms with E-state index in [1.165, 1.54) is 6.07 Å². The molecule has 1 fully saturated rings. The van der Waals surface area contributed by atoms with Crippen LogP contribution < -0.4 is 4.74 Å². The van der Waals surface area contributed by atoms with Gasteiger partial charge < -0.3 is 14.0 Å². The van der Waals surface area contributed by atoms with Gasteiger partial charge in [0.15, 0.2) is 0 Å². The fourth-order valence-electron chi connectivity index (χ4n) is 4.45. The smallest absolute Gasteiger partial charge is 0.420 e. The van der Waals surface area contributed by atoms with E-state index >= 15 is 0 Å². The van der Waals surface area contributed by atoms with Gasteiger partial charge in [-0.2, -0.15) is 13.2 Å². The summed E-state index contributed by atoms with van der Waals surface area (Å²) >= 11 is 0. The SMILES string of the molecule is CCCN1C[C@H](Cn2ccnc2)O[C@@H]2Cc3c(cccc3OC(=O)C(F)(F)F)C[C@H]21. The highest BCUT2D eigenvalue weighted by atomic mass is 19.4. The molecule has 1 saturated heterocycles. The molecule has 0 unspecified atom stereocenters. The molecule has 9 heteroatoms. The van der Waals surface area contributed by atoms with Gasteiger partial charge in [-0.15, -0.1) is 0 Å². The molecule has 30 heavy (non-hydrogen) atoms. The van der Waals surface area contributed by atoms with Crippen molar-refractivity contribution < 1.29 is 27.4 Å². The molecule has 0 N–H and O–H groups in total. The summed E-state index contributed by atoms with van der Waals surface area (Å²) < 4.78 is 51.1. The molecule has 0 radical (unpaired) electrons. The highest BCUT2D eigenvalue weighted by Gasteiger charge is 2.43. The average molecular weight is 423 g/mol. The first-order valence-corrected chi connectivity index (χ1v) is 10.1. The van der Waals surface area contributed by atoms with Crippen LogP contribution in [0.4, 0.5) is 13.2 Å². The number of imidazole rings is 1. The third-order valence-corrected chi connectivity index (χ3v) is 5.69. The fraction of sp³-hybridized carbons (Fsp3) is 0.524. The molecule has 2 aromatic rings. The minimum absolute atomic E-state index is 0.0318. The molecular weight excluding hydrogens is 399 g/mol. The Labute approximate surface area is 172 Å². The standard InChI is InChI=1S/C21H24F3N3O3/c1-2-7-27-12-15(11-26-8-6-25-13-26)29-19-10-16-14(9-17(19)27)4-3-5-18(16)30-20(28)21(22,23)24/h3-6,8,13,15,17,19H,2,7,9-12H2,1H3/t15-,17+,19+/m0/s1. The molecule has 0 amide bonds. The van der Waals surface area contributed by atoms with Gasteiger partial charge in [-0.1, -0.05) is 19.1 Å². The third-order valence-electron chi connectivity index (χ3n) is 5.69. The van der Waals surface area contributed by atoms with Gasteiger partial charge >= 0.3 is 12.1 Å². The summed E-state index contributed by atoms with van der Waals surface area (Å²) in [6.07, 6.45) is 2.11. The Bertz CT molecular complexity index is 885. The Hall–Kier alpha value is -2.39. The number of esters is 1. The molecule has 4 rings (SSSR count). The van der Waals surface area contributed by atoms with E-state index in [0.29, 0.717) is 24.9 Å². The van der Waals surface area contributed by atoms with Crippen molar-refractivity contribution >= 4 is 5.97 Å². The van der Waals surface area contributed by atoms with E-state index in [4.69, 9.17) is 9.47 Å². The molecule has 0 bridgehead atoms. The van der Waals surface area contributed by atoms with Gasteiger partial charge in [-0.3, -0.25) is 4.90 Å². The summed E-state index contributed by atoms with van der Waals surface area (Å²) in [5.74, 6) is -2.23. The van der Waals surface area contributed by atoms with Crippen LogP contribution in [0.2, 0.25) is 0 Å². The number of nitrogens with zero attached hydrogens (tertiary/aromatic N) is 3. The van der Waals surface area contributed by atoms with Crippen molar-refractivity contribution in [1.29, 1.82) is 0 Å². The number of rotatable bonds is 5. The number of ether oxygens (including phenoxy) is 2. The van der Waals surface area contributed by atoms with Crippen LogP contribution in [0.1, 0.15) is 24.5 Å². The molecule has 2 heterocycles. The van der Waals surface area contributed by atoms with Gasteiger partial charge in [0.2, 0.25) is 0 Å². The number of carbonyl (C=O) groups excluding carboxylic acids is 1. The lowest BCUT2D eigenvalue weighted by molar-refractivity contribution is -0.189. The van der Waals surface area contributed by atoms with Gasteiger partial charge in [0.05, 0.1) is 25.1 Å². The summed E-state index contributed by atoms with van der Waals surface area (Å²) in [6, 6.07) is 5.08. The second kappa shape index (κ2) is 8.39. The highest BCUT2D eigenvalue weighted by molar-refractivity contribution is 5.78. The number of halogens is 3. The first kappa shape index (κ1) is 20.9. The number of fused-ring (bicyclic) bond motifs is 2. The molecule has 162 valence electrons. The van der Waals surface area contributed by atoms with Gasteiger partial charge in [0, 0.05) is 37.0 Å². The number of morpholine rings is 1. The maximum Gasteiger partial charge on any atom is 0.491 e. The van der Waals surface area contributed by atoms with Crippen molar-refractivity contribution in [3.8, 4) is 5.75 Å². The van der Waals surface area contributed by atoms with Crippen LogP contribution in [0.5, 0.6) is 5.75 Å². The molecule has 6 nitrogen and oxygen atoms in total. The van der Waals surface area contributed by atoms with Gasteiger partial charge in [-0.25, -0.2) is 9.78 Å². The fourth-order valence-corrected chi connectivity index (χ4v) is 4.45. The Balaban J connectivity index is 1.57. The predicted octanol–water partition coefficient (Wildman–Crippen LogP) is 3.00. The zero-order valence-electron chi connectivity index (χ0n) is 16.6. The van der Waals surface area contributed by atoms with Crippen molar-refractivity contribution in [1.82, 2.24) is 14.5 Å². The highest BCUT2D eigenvalue weighted by Crippen LogP contribution is 2.36. The molecule has 1 aliphatic carbocycles. The maximum absolute atomic E-state index is 12.7. The molecular formula is C21H24F3N3O3. The Morgan fingerprint density at radius 3 is 2.87 bits per heavy atom. The molecule has 1 aromatic carbocycles. The third kappa shape index (κ3) is 4.37. The number of benzene rings is 1. The lowest BCUT2D eigenvalue weighted by Gasteiger charge is -2.47. The number of carbonyl (C=O) groups is 1. The van der Waals surface area contributed by atoms with Crippen LogP contribution in [-0.4, -0.2) is 57.9 Å². The number of alkyl halides is 3. The summed E-state index contributed by atoms with van der Waals surface area (Å²) in [4.78, 5) is 17.9. The van der Waals surface area contributed by atoms with Crippen molar-refractivity contribution in [2.75, 3.05) is 13.1 Å². The second-order valence-electron chi connectivity index (χ2n) is 7.81. The van der Waals surface area contributed by atoms with Crippen LogP contribution in [0, 0.1) is 0 Å². The van der Waals surface area contributed by atoms with Crippen molar-refractivity contribution in [2.45, 2.75) is 57.2 Å². The number of hydrogen-bond donors (Lipinski definition) is 0. The summed E-state index contributed by atoms with van der Waals surface area (Å²) in [6.45, 7) is 4.48. The molecule has 2 aliphatic rings. The average Bonchev–Trinajstić information content (AvgIpc) is 3.19. The van der Waals surface area contributed by atoms with E-state index < -0.39 is 12.1 Å².